The number of ether oxygens (including phenoxy) is 3. The van der Waals surface area contributed by atoms with E-state index < -0.39 is 5.91 Å². The summed E-state index contributed by atoms with van der Waals surface area (Å²) in [5.74, 6) is 0.758. The minimum absolute atomic E-state index is 0.00379. The Balaban J connectivity index is 1.77. The van der Waals surface area contributed by atoms with E-state index in [9.17, 15) is 9.59 Å². The van der Waals surface area contributed by atoms with Crippen molar-refractivity contribution >= 4 is 17.6 Å². The lowest BCUT2D eigenvalue weighted by Gasteiger charge is -2.32. The zero-order valence-electron chi connectivity index (χ0n) is 21.7. The summed E-state index contributed by atoms with van der Waals surface area (Å²) in [6.45, 7) is 5.34. The minimum Gasteiger partial charge on any atom is -0.488 e. The molecule has 3 rings (SSSR count). The van der Waals surface area contributed by atoms with Crippen LogP contribution in [0.15, 0.2) is 54.7 Å². The molecule has 1 heterocycles. The molecule has 2 amide bonds. The topological polar surface area (TPSA) is 116 Å². The van der Waals surface area contributed by atoms with Gasteiger partial charge in [-0.15, -0.1) is 0 Å². The van der Waals surface area contributed by atoms with Crippen molar-refractivity contribution in [3.8, 4) is 17.2 Å². The van der Waals surface area contributed by atoms with E-state index in [4.69, 9.17) is 19.6 Å². The molecule has 0 saturated carbocycles. The van der Waals surface area contributed by atoms with Crippen molar-refractivity contribution in [1.82, 2.24) is 20.4 Å². The van der Waals surface area contributed by atoms with E-state index in [1.807, 2.05) is 18.9 Å². The molecule has 1 saturated heterocycles. The summed E-state index contributed by atoms with van der Waals surface area (Å²) in [5.41, 5.74) is 0.858. The second kappa shape index (κ2) is 13.4. The summed E-state index contributed by atoms with van der Waals surface area (Å²) in [7, 11) is 5.33. The summed E-state index contributed by atoms with van der Waals surface area (Å²) in [5, 5.41) is 13.2. The summed E-state index contributed by atoms with van der Waals surface area (Å²) in [4.78, 5) is 29.7. The van der Waals surface area contributed by atoms with Crippen LogP contribution in [0.5, 0.6) is 17.2 Å². The van der Waals surface area contributed by atoms with Crippen LogP contribution < -0.4 is 20.1 Å². The molecule has 198 valence electrons. The summed E-state index contributed by atoms with van der Waals surface area (Å²) >= 11 is 0. The smallest absolute Gasteiger partial charge is 0.257 e. The fourth-order valence-corrected chi connectivity index (χ4v) is 3.73. The Morgan fingerprint density at radius 1 is 1.03 bits per heavy atom. The Morgan fingerprint density at radius 2 is 1.70 bits per heavy atom. The number of amides is 2. The lowest BCUT2D eigenvalue weighted by Crippen LogP contribution is -2.47. The fourth-order valence-electron chi connectivity index (χ4n) is 3.73. The van der Waals surface area contributed by atoms with Crippen LogP contribution in [0.3, 0.4) is 0 Å². The van der Waals surface area contributed by atoms with Crippen molar-refractivity contribution in [2.75, 3.05) is 54.0 Å². The minimum atomic E-state index is -0.478. The second-order valence-corrected chi connectivity index (χ2v) is 8.79. The largest absolute Gasteiger partial charge is 0.488 e. The molecule has 1 fully saturated rings. The van der Waals surface area contributed by atoms with Crippen molar-refractivity contribution in [2.45, 2.75) is 13.0 Å². The third kappa shape index (κ3) is 8.33. The monoisotopic (exact) mass is 509 g/mol. The van der Waals surface area contributed by atoms with Gasteiger partial charge in [0.25, 0.3) is 11.8 Å². The summed E-state index contributed by atoms with van der Waals surface area (Å²) in [6, 6.07) is 11.8. The number of amidine groups is 1. The van der Waals surface area contributed by atoms with Crippen LogP contribution in [0.25, 0.3) is 0 Å². The first-order chi connectivity index (χ1) is 17.8. The van der Waals surface area contributed by atoms with Gasteiger partial charge in [-0.1, -0.05) is 0 Å². The average Bonchev–Trinajstić information content (AvgIpc) is 2.88. The molecular formula is C27H35N5O5. The van der Waals surface area contributed by atoms with Crippen LogP contribution >= 0.6 is 0 Å². The highest BCUT2D eigenvalue weighted by Crippen LogP contribution is 2.29. The average molecular weight is 510 g/mol. The van der Waals surface area contributed by atoms with E-state index in [1.165, 1.54) is 6.08 Å². The molecule has 0 aromatic heterocycles. The molecule has 1 atom stereocenters. The Bertz CT molecular complexity index is 1110. The standard InChI is InChI=1S/C27H35N5O5/c1-19(18-35-4)36-23-15-21(26(33)30-25(28)9-10-29-2)16-24(17-23)37-22-7-5-20(6-8-22)27(34)32-13-11-31(3)12-14-32/h5-10,15-17,19,29H,11-14,18H2,1-4H3,(H2,28,30,33)/b10-9-. The Hall–Kier alpha value is -3.89. The van der Waals surface area contributed by atoms with Crippen molar-refractivity contribution in [3.05, 3.63) is 65.9 Å². The molecule has 0 bridgehead atoms. The highest BCUT2D eigenvalue weighted by Gasteiger charge is 2.20. The van der Waals surface area contributed by atoms with Crippen molar-refractivity contribution in [2.24, 2.45) is 0 Å². The predicted molar refractivity (Wildman–Crippen MR) is 142 cm³/mol. The van der Waals surface area contributed by atoms with E-state index in [2.05, 4.69) is 15.5 Å². The van der Waals surface area contributed by atoms with E-state index in [-0.39, 0.29) is 23.4 Å². The molecule has 37 heavy (non-hydrogen) atoms. The molecule has 1 aliphatic rings. The molecule has 10 nitrogen and oxygen atoms in total. The number of benzene rings is 2. The van der Waals surface area contributed by atoms with Crippen LogP contribution in [-0.4, -0.2) is 87.5 Å². The quantitative estimate of drug-likeness (QED) is 0.333. The van der Waals surface area contributed by atoms with E-state index in [0.29, 0.717) is 42.5 Å². The van der Waals surface area contributed by atoms with Gasteiger partial charge >= 0.3 is 0 Å². The maximum Gasteiger partial charge on any atom is 0.257 e. The molecule has 0 spiro atoms. The van der Waals surface area contributed by atoms with Gasteiger partial charge in [0.1, 0.15) is 29.2 Å². The van der Waals surface area contributed by atoms with Gasteiger partial charge < -0.3 is 34.6 Å². The first-order valence-corrected chi connectivity index (χ1v) is 12.1. The first-order valence-electron chi connectivity index (χ1n) is 12.1. The Kier molecular flexibility index (Phi) is 10.0. The number of carbonyl (C=O) groups is 2. The lowest BCUT2D eigenvalue weighted by atomic mass is 10.1. The molecule has 3 N–H and O–H groups in total. The molecule has 0 radical (unpaired) electrons. The zero-order chi connectivity index (χ0) is 26.8. The SMILES string of the molecule is CN/C=C\C(=N)NC(=O)c1cc(Oc2ccc(C(=O)N3CCN(C)CC3)cc2)cc(OC(C)COC)c1. The van der Waals surface area contributed by atoms with E-state index in [0.717, 1.165) is 13.1 Å². The van der Waals surface area contributed by atoms with Gasteiger partial charge in [-0.3, -0.25) is 15.0 Å². The maximum absolute atomic E-state index is 12.8. The van der Waals surface area contributed by atoms with Gasteiger partial charge in [-0.2, -0.15) is 0 Å². The summed E-state index contributed by atoms with van der Waals surface area (Å²) < 4.78 is 17.1. The predicted octanol–water partition coefficient (Wildman–Crippen LogP) is 2.72. The first kappa shape index (κ1) is 27.7. The Labute approximate surface area is 217 Å². The normalized spacial score (nSPS) is 14.8. The van der Waals surface area contributed by atoms with E-state index in [1.54, 1.807) is 62.8 Å². The van der Waals surface area contributed by atoms with Gasteiger partial charge in [0.05, 0.1) is 6.61 Å². The second-order valence-electron chi connectivity index (χ2n) is 8.79. The number of hydrogen-bond acceptors (Lipinski definition) is 8. The number of nitrogens with zero attached hydrogens (tertiary/aromatic N) is 2. The highest BCUT2D eigenvalue weighted by atomic mass is 16.5. The van der Waals surface area contributed by atoms with E-state index >= 15 is 0 Å². The molecule has 1 unspecified atom stereocenters. The highest BCUT2D eigenvalue weighted by molar-refractivity contribution is 6.09. The maximum atomic E-state index is 12.8. The third-order valence-electron chi connectivity index (χ3n) is 5.67. The number of rotatable bonds is 10. The molecule has 2 aromatic rings. The number of piperazine rings is 1. The van der Waals surface area contributed by atoms with Crippen LogP contribution in [0.4, 0.5) is 0 Å². The number of likely N-dealkylation sites (N-methyl/N-ethyl adjacent to an activating group) is 1. The van der Waals surface area contributed by atoms with Crippen molar-refractivity contribution in [1.29, 1.82) is 5.41 Å². The Morgan fingerprint density at radius 3 is 2.35 bits per heavy atom. The third-order valence-corrected chi connectivity index (χ3v) is 5.67. The molecule has 1 aliphatic heterocycles. The zero-order valence-corrected chi connectivity index (χ0v) is 21.7. The van der Waals surface area contributed by atoms with Gasteiger partial charge in [-0.25, -0.2) is 0 Å². The lowest BCUT2D eigenvalue weighted by molar-refractivity contribution is 0.0664. The molecule has 2 aromatic carbocycles. The van der Waals surface area contributed by atoms with Crippen LogP contribution in [-0.2, 0) is 4.74 Å². The number of nitrogens with one attached hydrogen (secondary N) is 3. The van der Waals surface area contributed by atoms with Gasteiger partial charge in [-0.05, 0) is 62.6 Å². The van der Waals surface area contributed by atoms with Crippen molar-refractivity contribution < 1.29 is 23.8 Å². The van der Waals surface area contributed by atoms with Gasteiger partial charge in [0.2, 0.25) is 0 Å². The number of carbonyl (C=O) groups excluding carboxylic acids is 2. The number of methoxy groups -OCH3 is 1. The van der Waals surface area contributed by atoms with Crippen LogP contribution in [0.1, 0.15) is 27.6 Å². The van der Waals surface area contributed by atoms with Crippen LogP contribution in [0.2, 0.25) is 0 Å². The van der Waals surface area contributed by atoms with Gasteiger partial charge in [0.15, 0.2) is 0 Å². The molecule has 0 aliphatic carbocycles. The molecular weight excluding hydrogens is 474 g/mol. The van der Waals surface area contributed by atoms with Gasteiger partial charge in [0, 0.05) is 57.5 Å². The fraction of sp³-hybridized carbons (Fsp3) is 0.370. The molecule has 10 heteroatoms. The summed E-state index contributed by atoms with van der Waals surface area (Å²) in [6.07, 6.45) is 2.72. The van der Waals surface area contributed by atoms with Crippen LogP contribution in [0, 0.1) is 5.41 Å². The van der Waals surface area contributed by atoms with Crippen molar-refractivity contribution in [3.63, 3.8) is 0 Å². The number of hydrogen-bond donors (Lipinski definition) is 3.